The van der Waals surface area contributed by atoms with Crippen molar-refractivity contribution in [3.63, 3.8) is 0 Å². The van der Waals surface area contributed by atoms with Crippen molar-refractivity contribution < 1.29 is 32.4 Å². The quantitative estimate of drug-likeness (QED) is 0.338. The maximum atomic E-state index is 13.4. The number of anilines is 2. The Kier molecular flexibility index (Phi) is 7.76. The van der Waals surface area contributed by atoms with Crippen LogP contribution in [0.2, 0.25) is 0 Å². The molecule has 1 N–H and O–H groups in total. The van der Waals surface area contributed by atoms with Crippen molar-refractivity contribution in [2.45, 2.75) is 31.8 Å². The zero-order valence-corrected chi connectivity index (χ0v) is 18.7. The van der Waals surface area contributed by atoms with Crippen molar-refractivity contribution >= 4 is 39.0 Å². The van der Waals surface area contributed by atoms with Crippen LogP contribution in [0.3, 0.4) is 0 Å². The predicted octanol–water partition coefficient (Wildman–Crippen LogP) is 2.71. The van der Waals surface area contributed by atoms with Crippen LogP contribution in [0.25, 0.3) is 0 Å². The summed E-state index contributed by atoms with van der Waals surface area (Å²) in [5.41, 5.74) is -0.220. The fourth-order valence-electron chi connectivity index (χ4n) is 2.74. The fourth-order valence-corrected chi connectivity index (χ4v) is 4.16. The van der Waals surface area contributed by atoms with Gasteiger partial charge >= 0.3 is 5.97 Å². The topological polar surface area (TPSA) is 145 Å². The van der Waals surface area contributed by atoms with Gasteiger partial charge in [0.2, 0.25) is 5.91 Å². The number of carbonyl (C=O) groups is 2. The molecule has 0 atom stereocenters. The van der Waals surface area contributed by atoms with Gasteiger partial charge in [-0.05, 0) is 44.2 Å². The van der Waals surface area contributed by atoms with E-state index >= 15 is 0 Å². The Morgan fingerprint density at radius 1 is 1.16 bits per heavy atom. The highest BCUT2D eigenvalue weighted by Crippen LogP contribution is 2.35. The molecular weight excluding hydrogens is 442 g/mol. The van der Waals surface area contributed by atoms with Gasteiger partial charge in [-0.1, -0.05) is 0 Å². The molecule has 0 spiro atoms. The number of carbonyl (C=O) groups excluding carboxylic acids is 2. The number of non-ortho nitro benzene ring substituents is 1. The number of sulfonamides is 1. The van der Waals surface area contributed by atoms with Crippen molar-refractivity contribution in [2.24, 2.45) is 0 Å². The number of ether oxygens (including phenoxy) is 2. The number of hydrogen-bond donors (Lipinski definition) is 1. The van der Waals surface area contributed by atoms with Crippen LogP contribution >= 0.6 is 0 Å². The second-order valence-corrected chi connectivity index (χ2v) is 8.73. The lowest BCUT2D eigenvalue weighted by atomic mass is 10.2. The monoisotopic (exact) mass is 465 g/mol. The molecular formula is C20H23N3O8S. The maximum Gasteiger partial charge on any atom is 0.327 e. The summed E-state index contributed by atoms with van der Waals surface area (Å²) in [5, 5.41) is 13.8. The number of hydrogen-bond acceptors (Lipinski definition) is 8. The molecule has 0 saturated heterocycles. The minimum atomic E-state index is -4.39. The molecule has 0 radical (unpaired) electrons. The lowest BCUT2D eigenvalue weighted by Crippen LogP contribution is -2.37. The van der Waals surface area contributed by atoms with Crippen molar-refractivity contribution in [3.05, 3.63) is 52.6 Å². The van der Waals surface area contributed by atoms with Gasteiger partial charge in [0, 0.05) is 24.7 Å². The number of methoxy groups -OCH3 is 1. The maximum absolute atomic E-state index is 13.4. The van der Waals surface area contributed by atoms with E-state index in [0.717, 1.165) is 12.1 Å². The normalized spacial score (nSPS) is 11.0. The van der Waals surface area contributed by atoms with Gasteiger partial charge in [0.1, 0.15) is 18.0 Å². The average molecular weight is 465 g/mol. The van der Waals surface area contributed by atoms with Crippen molar-refractivity contribution in [1.82, 2.24) is 0 Å². The Hall–Kier alpha value is -3.67. The average Bonchev–Trinajstić information content (AvgIpc) is 2.70. The van der Waals surface area contributed by atoms with E-state index in [4.69, 9.17) is 9.47 Å². The zero-order chi connectivity index (χ0) is 24.1. The Morgan fingerprint density at radius 3 is 2.28 bits per heavy atom. The summed E-state index contributed by atoms with van der Waals surface area (Å²) < 4.78 is 37.8. The van der Waals surface area contributed by atoms with Crippen molar-refractivity contribution in [1.29, 1.82) is 0 Å². The molecule has 0 aromatic heterocycles. The second-order valence-electron chi connectivity index (χ2n) is 6.87. The van der Waals surface area contributed by atoms with Crippen LogP contribution in [-0.4, -0.2) is 45.0 Å². The van der Waals surface area contributed by atoms with Crippen LogP contribution in [0, 0.1) is 10.1 Å². The van der Waals surface area contributed by atoms with E-state index in [2.05, 4.69) is 5.32 Å². The van der Waals surface area contributed by atoms with Gasteiger partial charge in [-0.2, -0.15) is 0 Å². The molecule has 0 bridgehead atoms. The van der Waals surface area contributed by atoms with Gasteiger partial charge in [-0.25, -0.2) is 8.42 Å². The molecule has 32 heavy (non-hydrogen) atoms. The van der Waals surface area contributed by atoms with Crippen LogP contribution in [0.1, 0.15) is 20.8 Å². The number of amides is 1. The van der Waals surface area contributed by atoms with Crippen LogP contribution in [0.5, 0.6) is 5.75 Å². The molecule has 0 saturated carbocycles. The van der Waals surface area contributed by atoms with Gasteiger partial charge in [0.05, 0.1) is 23.0 Å². The molecule has 0 heterocycles. The largest absolute Gasteiger partial charge is 0.495 e. The molecule has 172 valence electrons. The molecule has 0 aliphatic carbocycles. The third-order valence-corrected chi connectivity index (χ3v) is 5.82. The Morgan fingerprint density at radius 2 is 1.78 bits per heavy atom. The zero-order valence-electron chi connectivity index (χ0n) is 17.9. The van der Waals surface area contributed by atoms with Gasteiger partial charge in [-0.15, -0.1) is 0 Å². The summed E-state index contributed by atoms with van der Waals surface area (Å²) >= 11 is 0. The van der Waals surface area contributed by atoms with E-state index in [1.54, 1.807) is 13.8 Å². The molecule has 12 heteroatoms. The van der Waals surface area contributed by atoms with E-state index in [1.165, 1.54) is 44.4 Å². The van der Waals surface area contributed by atoms with E-state index in [9.17, 15) is 28.1 Å². The standard InChI is InChI=1S/C20H23N3O8S/c1-13(2)31-20(25)12-22(18-11-16(23(26)27)7-10-19(18)30-4)32(28,29)17-8-5-15(6-9-17)21-14(3)24/h5-11,13H,12H2,1-4H3,(H,21,24). The van der Waals surface area contributed by atoms with E-state index in [-0.39, 0.29) is 27.9 Å². The van der Waals surface area contributed by atoms with E-state index in [1.807, 2.05) is 0 Å². The number of nitrogens with one attached hydrogen (secondary N) is 1. The highest BCUT2D eigenvalue weighted by molar-refractivity contribution is 7.92. The first-order valence-electron chi connectivity index (χ1n) is 9.38. The summed E-state index contributed by atoms with van der Waals surface area (Å²) in [6.45, 7) is 3.77. The van der Waals surface area contributed by atoms with E-state index < -0.39 is 33.6 Å². The SMILES string of the molecule is COc1ccc([N+](=O)[O-])cc1N(CC(=O)OC(C)C)S(=O)(=O)c1ccc(NC(C)=O)cc1. The third-order valence-electron chi connectivity index (χ3n) is 4.04. The lowest BCUT2D eigenvalue weighted by molar-refractivity contribution is -0.384. The summed E-state index contributed by atoms with van der Waals surface area (Å²) in [6.07, 6.45) is -0.504. The van der Waals surface area contributed by atoms with Crippen LogP contribution in [0.4, 0.5) is 17.1 Å². The summed E-state index contributed by atoms with van der Waals surface area (Å²) in [7, 11) is -3.12. The molecule has 1 amide bonds. The third kappa shape index (κ3) is 5.94. The van der Waals surface area contributed by atoms with Crippen molar-refractivity contribution in [3.8, 4) is 5.75 Å². The highest BCUT2D eigenvalue weighted by Gasteiger charge is 2.31. The summed E-state index contributed by atoms with van der Waals surface area (Å²) in [5.74, 6) is -1.18. The number of nitro benzene ring substituents is 1. The first-order chi connectivity index (χ1) is 14.9. The molecule has 0 aliphatic heterocycles. The molecule has 0 unspecified atom stereocenters. The minimum Gasteiger partial charge on any atom is -0.495 e. The number of benzene rings is 2. The summed E-state index contributed by atoms with van der Waals surface area (Å²) in [4.78, 5) is 33.9. The molecule has 2 aromatic carbocycles. The second kappa shape index (κ2) is 10.1. The minimum absolute atomic E-state index is 0.00592. The van der Waals surface area contributed by atoms with E-state index in [0.29, 0.717) is 9.99 Å². The molecule has 2 aromatic rings. The number of rotatable bonds is 9. The number of esters is 1. The van der Waals surface area contributed by atoms with Crippen LogP contribution < -0.4 is 14.4 Å². The van der Waals surface area contributed by atoms with Gasteiger partial charge in [-0.3, -0.25) is 24.0 Å². The van der Waals surface area contributed by atoms with Gasteiger partial charge in [0.15, 0.2) is 0 Å². The number of nitro groups is 1. The predicted molar refractivity (Wildman–Crippen MR) is 116 cm³/mol. The highest BCUT2D eigenvalue weighted by atomic mass is 32.2. The molecule has 11 nitrogen and oxygen atoms in total. The molecule has 2 rings (SSSR count). The van der Waals surface area contributed by atoms with Crippen LogP contribution in [0.15, 0.2) is 47.4 Å². The summed E-state index contributed by atoms with van der Waals surface area (Å²) in [6, 6.07) is 8.64. The first kappa shape index (κ1) is 24.6. The fraction of sp³-hybridized carbons (Fsp3) is 0.300. The lowest BCUT2D eigenvalue weighted by Gasteiger charge is -2.25. The Labute approximate surface area is 185 Å². The smallest absolute Gasteiger partial charge is 0.327 e. The Bertz CT molecular complexity index is 1110. The van der Waals surface area contributed by atoms with Crippen LogP contribution in [-0.2, 0) is 24.3 Å². The number of nitrogens with zero attached hydrogens (tertiary/aromatic N) is 2. The first-order valence-corrected chi connectivity index (χ1v) is 10.8. The van der Waals surface area contributed by atoms with Crippen molar-refractivity contribution in [2.75, 3.05) is 23.3 Å². The molecule has 0 fully saturated rings. The van der Waals surface area contributed by atoms with Gasteiger partial charge < -0.3 is 14.8 Å². The van der Waals surface area contributed by atoms with Gasteiger partial charge in [0.25, 0.3) is 15.7 Å². The Balaban J connectivity index is 2.61. The molecule has 0 aliphatic rings.